The number of amides is 1. The second kappa shape index (κ2) is 10.3. The number of hydrogen-bond donors (Lipinski definition) is 1. The van der Waals surface area contributed by atoms with E-state index in [4.69, 9.17) is 18.6 Å². The highest BCUT2D eigenvalue weighted by molar-refractivity contribution is 5.91. The zero-order valence-corrected chi connectivity index (χ0v) is 22.5. The predicted molar refractivity (Wildman–Crippen MR) is 141 cm³/mol. The molecular weight excluding hydrogens is 454 g/mol. The van der Waals surface area contributed by atoms with Gasteiger partial charge in [-0.15, -0.1) is 0 Å². The summed E-state index contributed by atoms with van der Waals surface area (Å²) in [6.45, 7) is 11.2. The van der Waals surface area contributed by atoms with Crippen LogP contribution in [0.2, 0.25) is 0 Å². The molecule has 0 radical (unpaired) electrons. The average molecular weight is 492 g/mol. The zero-order chi connectivity index (χ0) is 26.0. The first-order chi connectivity index (χ1) is 17.1. The molecule has 1 aliphatic heterocycles. The highest BCUT2D eigenvalue weighted by Crippen LogP contribution is 2.41. The van der Waals surface area contributed by atoms with Crippen LogP contribution in [-0.2, 0) is 19.3 Å². The van der Waals surface area contributed by atoms with Crippen molar-refractivity contribution in [3.05, 3.63) is 75.2 Å². The van der Waals surface area contributed by atoms with Gasteiger partial charge in [-0.2, -0.15) is 0 Å². The molecule has 0 unspecified atom stereocenters. The smallest absolute Gasteiger partial charge is 0.287 e. The largest absolute Gasteiger partial charge is 0.493 e. The first-order valence-corrected chi connectivity index (χ1v) is 12.5. The molecule has 2 aromatic carbocycles. The van der Waals surface area contributed by atoms with Crippen LogP contribution in [0.4, 0.5) is 0 Å². The minimum atomic E-state index is -0.215. The summed E-state index contributed by atoms with van der Waals surface area (Å²) >= 11 is 0. The molecule has 36 heavy (non-hydrogen) atoms. The van der Waals surface area contributed by atoms with E-state index in [0.717, 1.165) is 29.9 Å². The third-order valence-corrected chi connectivity index (χ3v) is 7.27. The normalized spacial score (nSPS) is 14.1. The number of benzene rings is 2. The van der Waals surface area contributed by atoms with Crippen LogP contribution in [0.15, 0.2) is 34.7 Å². The van der Waals surface area contributed by atoms with Crippen molar-refractivity contribution in [2.24, 2.45) is 0 Å². The molecule has 1 N–H and O–H groups in total. The van der Waals surface area contributed by atoms with Gasteiger partial charge in [0.15, 0.2) is 17.3 Å². The molecule has 0 fully saturated rings. The van der Waals surface area contributed by atoms with Crippen molar-refractivity contribution in [2.75, 3.05) is 20.8 Å². The fourth-order valence-electron chi connectivity index (χ4n) is 4.93. The molecule has 0 saturated heterocycles. The summed E-state index contributed by atoms with van der Waals surface area (Å²) in [6, 6.07) is 9.41. The lowest BCUT2D eigenvalue weighted by Gasteiger charge is -2.35. The van der Waals surface area contributed by atoms with E-state index in [1.165, 1.54) is 27.8 Å². The zero-order valence-electron chi connectivity index (χ0n) is 22.5. The van der Waals surface area contributed by atoms with Gasteiger partial charge in [0.05, 0.1) is 14.2 Å². The van der Waals surface area contributed by atoms with Crippen LogP contribution in [0, 0.1) is 20.8 Å². The molecule has 6 nitrogen and oxygen atoms in total. The Hall–Kier alpha value is -3.41. The van der Waals surface area contributed by atoms with Crippen LogP contribution in [-0.4, -0.2) is 32.3 Å². The average Bonchev–Trinajstić information content (AvgIpc) is 3.33. The monoisotopic (exact) mass is 491 g/mol. The Morgan fingerprint density at radius 3 is 2.47 bits per heavy atom. The van der Waals surface area contributed by atoms with Gasteiger partial charge in [0.2, 0.25) is 0 Å². The van der Waals surface area contributed by atoms with Crippen molar-refractivity contribution in [1.82, 2.24) is 5.32 Å². The minimum absolute atomic E-state index is 0.138. The molecule has 0 bridgehead atoms. The molecule has 0 spiro atoms. The number of ether oxygens (including phenoxy) is 3. The number of fused-ring (bicyclic) bond motifs is 1. The van der Waals surface area contributed by atoms with Crippen LogP contribution in [0.25, 0.3) is 0 Å². The lowest BCUT2D eigenvalue weighted by atomic mass is 9.84. The van der Waals surface area contributed by atoms with Gasteiger partial charge in [-0.05, 0) is 112 Å². The molecule has 0 aliphatic carbocycles. The van der Waals surface area contributed by atoms with E-state index in [1.54, 1.807) is 20.3 Å². The highest BCUT2D eigenvalue weighted by Gasteiger charge is 2.30. The quantitative estimate of drug-likeness (QED) is 0.426. The van der Waals surface area contributed by atoms with E-state index in [-0.39, 0.29) is 11.5 Å². The van der Waals surface area contributed by atoms with Gasteiger partial charge in [-0.1, -0.05) is 6.07 Å². The molecule has 0 atom stereocenters. The molecule has 6 heteroatoms. The van der Waals surface area contributed by atoms with E-state index >= 15 is 0 Å². The summed E-state index contributed by atoms with van der Waals surface area (Å²) in [5, 5.41) is 2.95. The summed E-state index contributed by atoms with van der Waals surface area (Å²) in [6.07, 6.45) is 3.32. The second-order valence-corrected chi connectivity index (χ2v) is 10.2. The van der Waals surface area contributed by atoms with E-state index in [9.17, 15) is 4.79 Å². The number of carbonyl (C=O) groups is 1. The summed E-state index contributed by atoms with van der Waals surface area (Å²) in [4.78, 5) is 12.7. The van der Waals surface area contributed by atoms with Gasteiger partial charge in [-0.3, -0.25) is 4.79 Å². The molecule has 1 amide bonds. The number of nitrogens with one attached hydrogen (secondary N) is 1. The molecule has 192 valence electrons. The molecule has 1 aliphatic rings. The maximum atomic E-state index is 12.7. The van der Waals surface area contributed by atoms with Crippen LogP contribution in [0.5, 0.6) is 17.2 Å². The molecule has 3 aromatic rings. The lowest BCUT2D eigenvalue weighted by Crippen LogP contribution is -2.33. The standard InChI is InChI=1S/C30H37NO5/c1-18-19(2)28-23(12-14-30(4,5)36-28)20(3)24(18)17-22-9-11-26(35-22)29(32)31-15-13-21-8-10-25(33-6)27(16-21)34-7/h8-11,16H,12-15,17H2,1-7H3,(H,31,32). The van der Waals surface area contributed by atoms with Crippen LogP contribution in [0.3, 0.4) is 0 Å². The van der Waals surface area contributed by atoms with Crippen molar-refractivity contribution >= 4 is 5.91 Å². The van der Waals surface area contributed by atoms with Gasteiger partial charge in [0, 0.05) is 13.0 Å². The van der Waals surface area contributed by atoms with Gasteiger partial charge in [-0.25, -0.2) is 0 Å². The Morgan fingerprint density at radius 2 is 1.75 bits per heavy atom. The number of carbonyl (C=O) groups excluding carboxylic acids is 1. The topological polar surface area (TPSA) is 69.9 Å². The molecular formula is C30H37NO5. The summed E-state index contributed by atoms with van der Waals surface area (Å²) in [5.41, 5.74) is 7.15. The first kappa shape index (κ1) is 25.7. The molecule has 1 aromatic heterocycles. The van der Waals surface area contributed by atoms with Crippen molar-refractivity contribution in [1.29, 1.82) is 0 Å². The molecule has 4 rings (SSSR count). The van der Waals surface area contributed by atoms with E-state index in [2.05, 4.69) is 39.9 Å². The van der Waals surface area contributed by atoms with Crippen LogP contribution >= 0.6 is 0 Å². The van der Waals surface area contributed by atoms with E-state index in [0.29, 0.717) is 36.6 Å². The number of furan rings is 1. The Kier molecular flexibility index (Phi) is 7.34. The minimum Gasteiger partial charge on any atom is -0.493 e. The summed E-state index contributed by atoms with van der Waals surface area (Å²) in [7, 11) is 3.22. The van der Waals surface area contributed by atoms with Crippen molar-refractivity contribution in [2.45, 2.75) is 65.9 Å². The SMILES string of the molecule is COc1ccc(CCNC(=O)c2ccc(Cc3c(C)c(C)c4c(c3C)CCC(C)(C)O4)o2)cc1OC. The van der Waals surface area contributed by atoms with E-state index < -0.39 is 0 Å². The summed E-state index contributed by atoms with van der Waals surface area (Å²) in [5.74, 6) is 3.29. The Bertz CT molecular complexity index is 1270. The molecule has 2 heterocycles. The lowest BCUT2D eigenvalue weighted by molar-refractivity contribution is 0.0833. The van der Waals surface area contributed by atoms with E-state index in [1.807, 2.05) is 24.3 Å². The number of hydrogen-bond acceptors (Lipinski definition) is 5. The Labute approximate surface area is 213 Å². The van der Waals surface area contributed by atoms with Crippen molar-refractivity contribution in [3.63, 3.8) is 0 Å². The summed E-state index contributed by atoms with van der Waals surface area (Å²) < 4.78 is 23.0. The molecule has 0 saturated carbocycles. The maximum absolute atomic E-state index is 12.7. The number of methoxy groups -OCH3 is 2. The fraction of sp³-hybridized carbons (Fsp3) is 0.433. The van der Waals surface area contributed by atoms with Crippen molar-refractivity contribution < 1.29 is 23.4 Å². The van der Waals surface area contributed by atoms with Gasteiger partial charge >= 0.3 is 0 Å². The maximum Gasteiger partial charge on any atom is 0.287 e. The second-order valence-electron chi connectivity index (χ2n) is 10.2. The number of rotatable bonds is 8. The van der Waals surface area contributed by atoms with Crippen LogP contribution in [0.1, 0.15) is 70.0 Å². The van der Waals surface area contributed by atoms with Crippen LogP contribution < -0.4 is 19.5 Å². The van der Waals surface area contributed by atoms with Gasteiger partial charge < -0.3 is 23.9 Å². The predicted octanol–water partition coefficient (Wildman–Crippen LogP) is 5.89. The van der Waals surface area contributed by atoms with Gasteiger partial charge in [0.25, 0.3) is 5.91 Å². The third-order valence-electron chi connectivity index (χ3n) is 7.27. The van der Waals surface area contributed by atoms with Crippen molar-refractivity contribution in [3.8, 4) is 17.2 Å². The Morgan fingerprint density at radius 1 is 1.00 bits per heavy atom. The first-order valence-electron chi connectivity index (χ1n) is 12.5. The van der Waals surface area contributed by atoms with Gasteiger partial charge in [0.1, 0.15) is 17.1 Å². The fourth-order valence-corrected chi connectivity index (χ4v) is 4.93. The third kappa shape index (κ3) is 5.23. The highest BCUT2D eigenvalue weighted by atomic mass is 16.5. The Balaban J connectivity index is 1.42.